The maximum atomic E-state index is 13.4. The molecule has 0 bridgehead atoms. The van der Waals surface area contributed by atoms with Gasteiger partial charge in [-0.05, 0) is 59.2 Å². The van der Waals surface area contributed by atoms with Gasteiger partial charge in [0.2, 0.25) is 10.0 Å². The number of sulfonamides is 1. The van der Waals surface area contributed by atoms with Gasteiger partial charge in [0.05, 0.1) is 12.0 Å². The molecule has 0 fully saturated rings. The molecule has 1 amide bonds. The summed E-state index contributed by atoms with van der Waals surface area (Å²) >= 11 is 1.49. The van der Waals surface area contributed by atoms with Crippen LogP contribution in [0.15, 0.2) is 64.9 Å². The maximum absolute atomic E-state index is 13.4. The van der Waals surface area contributed by atoms with Crippen molar-refractivity contribution in [1.82, 2.24) is 9.79 Å². The van der Waals surface area contributed by atoms with Crippen LogP contribution in [-0.4, -0.2) is 37.0 Å². The molecule has 1 unspecified atom stereocenters. The maximum Gasteiger partial charge on any atom is 0.262 e. The third-order valence-electron chi connectivity index (χ3n) is 5.43. The van der Waals surface area contributed by atoms with Crippen molar-refractivity contribution in [3.8, 4) is 5.75 Å². The van der Waals surface area contributed by atoms with Crippen molar-refractivity contribution in [3.63, 3.8) is 0 Å². The predicted octanol–water partition coefficient (Wildman–Crippen LogP) is 2.97. The van der Waals surface area contributed by atoms with Crippen molar-refractivity contribution >= 4 is 27.3 Å². The lowest BCUT2D eigenvalue weighted by Crippen LogP contribution is -2.51. The van der Waals surface area contributed by atoms with Crippen molar-refractivity contribution < 1.29 is 23.2 Å². The van der Waals surface area contributed by atoms with E-state index in [4.69, 9.17) is 4.74 Å². The highest BCUT2D eigenvalue weighted by Crippen LogP contribution is 2.36. The number of amides is 1. The van der Waals surface area contributed by atoms with Crippen LogP contribution in [0.2, 0.25) is 0 Å². The number of hydrogen-bond donors (Lipinski definition) is 2. The van der Waals surface area contributed by atoms with Gasteiger partial charge < -0.3 is 4.74 Å². The third-order valence-corrected chi connectivity index (χ3v) is 8.36. The Morgan fingerprint density at radius 1 is 1.19 bits per heavy atom. The monoisotopic (exact) mass is 458 g/mol. The number of carbonyl (C=O) groups is 1. The summed E-state index contributed by atoms with van der Waals surface area (Å²) in [6.07, 6.45) is 0.897. The zero-order valence-electron chi connectivity index (χ0n) is 16.8. The molecule has 4 rings (SSSR count). The summed E-state index contributed by atoms with van der Waals surface area (Å²) in [7, 11) is -2.47. The topological polar surface area (TPSA) is 95.9 Å². The van der Waals surface area contributed by atoms with Gasteiger partial charge in [0.15, 0.2) is 0 Å². The first-order valence-corrected chi connectivity index (χ1v) is 12.0. The van der Waals surface area contributed by atoms with E-state index in [0.29, 0.717) is 12.2 Å². The number of carbonyl (C=O) groups excluding carboxylic acids is 1. The van der Waals surface area contributed by atoms with Gasteiger partial charge in [0.25, 0.3) is 5.91 Å². The number of rotatable bonds is 6. The molecule has 1 aliphatic rings. The zero-order valence-corrected chi connectivity index (χ0v) is 18.4. The minimum absolute atomic E-state index is 0.0635. The molecule has 0 saturated heterocycles. The Morgan fingerprint density at radius 3 is 2.55 bits per heavy atom. The number of methoxy groups -OCH3 is 1. The van der Waals surface area contributed by atoms with E-state index in [1.54, 1.807) is 17.6 Å². The molecule has 0 radical (unpaired) electrons. The lowest BCUT2D eigenvalue weighted by Gasteiger charge is -2.33. The molecule has 0 spiro atoms. The molecule has 0 saturated carbocycles. The molecular formula is C22H22N2O5S2. The average molecular weight is 459 g/mol. The Hall–Kier alpha value is -2.72. The first-order valence-electron chi connectivity index (χ1n) is 9.66. The van der Waals surface area contributed by atoms with Gasteiger partial charge in [-0.15, -0.1) is 11.3 Å². The Kier molecular flexibility index (Phi) is 6.10. The smallest absolute Gasteiger partial charge is 0.262 e. The Bertz CT molecular complexity index is 1170. The van der Waals surface area contributed by atoms with Crippen molar-refractivity contribution in [1.29, 1.82) is 0 Å². The molecule has 2 aromatic carbocycles. The van der Waals surface area contributed by atoms with Crippen molar-refractivity contribution in [2.45, 2.75) is 30.3 Å². The summed E-state index contributed by atoms with van der Waals surface area (Å²) < 4.78 is 33.0. The van der Waals surface area contributed by atoms with E-state index in [-0.39, 0.29) is 17.9 Å². The van der Waals surface area contributed by atoms with E-state index in [0.717, 1.165) is 25.9 Å². The molecule has 1 atom stereocenters. The summed E-state index contributed by atoms with van der Waals surface area (Å²) in [5.41, 5.74) is 4.82. The van der Waals surface area contributed by atoms with Crippen LogP contribution in [0.5, 0.6) is 5.75 Å². The summed E-state index contributed by atoms with van der Waals surface area (Å²) in [6, 6.07) is 14.9. The van der Waals surface area contributed by atoms with Gasteiger partial charge in [0.1, 0.15) is 11.8 Å². The van der Waals surface area contributed by atoms with Crippen LogP contribution >= 0.6 is 11.3 Å². The van der Waals surface area contributed by atoms with Crippen molar-refractivity contribution in [2.75, 3.05) is 7.11 Å². The zero-order chi connectivity index (χ0) is 22.0. The number of nitrogens with zero attached hydrogens (tertiary/aromatic N) is 1. The second-order valence-electron chi connectivity index (χ2n) is 7.25. The van der Waals surface area contributed by atoms with Gasteiger partial charge in [-0.1, -0.05) is 30.3 Å². The lowest BCUT2D eigenvalue weighted by molar-refractivity contribution is -0.133. The quantitative estimate of drug-likeness (QED) is 0.437. The van der Waals surface area contributed by atoms with Gasteiger partial charge in [-0.3, -0.25) is 10.0 Å². The van der Waals surface area contributed by atoms with Crippen LogP contribution in [0.25, 0.3) is 0 Å². The van der Waals surface area contributed by atoms with Crippen LogP contribution < -0.4 is 10.2 Å². The normalized spacial score (nSPS) is 16.5. The summed E-state index contributed by atoms with van der Waals surface area (Å²) in [5, 5.41) is 11.3. The van der Waals surface area contributed by atoms with E-state index in [2.05, 4.69) is 0 Å². The fourth-order valence-corrected chi connectivity index (χ4v) is 6.50. The fourth-order valence-electron chi connectivity index (χ4n) is 3.79. The van der Waals surface area contributed by atoms with Crippen molar-refractivity contribution in [3.05, 3.63) is 81.5 Å². The molecule has 2 heterocycles. The Balaban J connectivity index is 1.69. The summed E-state index contributed by atoms with van der Waals surface area (Å²) in [4.78, 5) is 13.4. The number of ether oxygens (including phenoxy) is 1. The lowest BCUT2D eigenvalue weighted by atomic mass is 9.95. The molecule has 7 nitrogen and oxygen atoms in total. The molecular weight excluding hydrogens is 436 g/mol. The van der Waals surface area contributed by atoms with E-state index < -0.39 is 22.0 Å². The van der Waals surface area contributed by atoms with Gasteiger partial charge >= 0.3 is 0 Å². The molecule has 0 aliphatic carbocycles. The predicted molar refractivity (Wildman–Crippen MR) is 117 cm³/mol. The number of hydrogen-bond acceptors (Lipinski definition) is 6. The average Bonchev–Trinajstić information content (AvgIpc) is 3.20. The molecule has 3 aromatic rings. The van der Waals surface area contributed by atoms with Crippen LogP contribution in [0, 0.1) is 0 Å². The van der Waals surface area contributed by atoms with E-state index >= 15 is 0 Å². The van der Waals surface area contributed by atoms with Crippen molar-refractivity contribution in [2.24, 2.45) is 0 Å². The van der Waals surface area contributed by atoms with Crippen LogP contribution in [-0.2, 0) is 34.2 Å². The third kappa shape index (κ3) is 4.22. The number of benzene rings is 2. The highest BCUT2D eigenvalue weighted by molar-refractivity contribution is 7.89. The number of hydroxylamine groups is 1. The van der Waals surface area contributed by atoms with Gasteiger partial charge in [0, 0.05) is 11.4 Å². The fraction of sp³-hybridized carbons (Fsp3) is 0.227. The van der Waals surface area contributed by atoms with Crippen LogP contribution in [0.1, 0.15) is 21.6 Å². The second-order valence-corrected chi connectivity index (χ2v) is 10.1. The first-order chi connectivity index (χ1) is 14.9. The first kappa shape index (κ1) is 21.5. The molecule has 162 valence electrons. The molecule has 1 aliphatic heterocycles. The van der Waals surface area contributed by atoms with E-state index in [9.17, 15) is 18.4 Å². The summed E-state index contributed by atoms with van der Waals surface area (Å²) in [5.74, 6) is -0.215. The van der Waals surface area contributed by atoms with Crippen LogP contribution in [0.4, 0.5) is 0 Å². The minimum atomic E-state index is -3.97. The highest BCUT2D eigenvalue weighted by Gasteiger charge is 2.41. The number of nitrogens with one attached hydrogen (secondary N) is 1. The molecule has 31 heavy (non-hydrogen) atoms. The second kappa shape index (κ2) is 8.80. The highest BCUT2D eigenvalue weighted by atomic mass is 32.2. The Morgan fingerprint density at radius 2 is 1.90 bits per heavy atom. The standard InChI is InChI=1S/C22H22N2O5S2/c1-29-17-7-9-18(10-8-17)31(27,28)24-13-21-19(12-20(24)22(25)23-26)16(14-30-21)11-15-5-3-2-4-6-15/h2-10,14,20,26H,11-13H2,1H3,(H,23,25). The largest absolute Gasteiger partial charge is 0.497 e. The number of thiophene rings is 1. The SMILES string of the molecule is COc1ccc(S(=O)(=O)N2Cc3scc(Cc4ccccc4)c3CC2C(=O)NO)cc1. The Labute approximate surface area is 184 Å². The minimum Gasteiger partial charge on any atom is -0.497 e. The van der Waals surface area contributed by atoms with E-state index in [1.807, 2.05) is 35.7 Å². The molecule has 1 aromatic heterocycles. The number of fused-ring (bicyclic) bond motifs is 1. The van der Waals surface area contributed by atoms with Gasteiger partial charge in [-0.2, -0.15) is 4.31 Å². The van der Waals surface area contributed by atoms with Crippen LogP contribution in [0.3, 0.4) is 0 Å². The van der Waals surface area contributed by atoms with Gasteiger partial charge in [-0.25, -0.2) is 13.9 Å². The summed E-state index contributed by atoms with van der Waals surface area (Å²) in [6.45, 7) is 0.0707. The molecule has 2 N–H and O–H groups in total. The van der Waals surface area contributed by atoms with E-state index in [1.165, 1.54) is 30.6 Å². The molecule has 9 heteroatoms.